The van der Waals surface area contributed by atoms with E-state index in [0.29, 0.717) is 6.54 Å². The Bertz CT molecular complexity index is 423. The first-order chi connectivity index (χ1) is 8.40. The van der Waals surface area contributed by atoms with Crippen molar-refractivity contribution in [2.75, 3.05) is 0 Å². The van der Waals surface area contributed by atoms with Crippen molar-refractivity contribution in [2.45, 2.75) is 32.9 Å². The predicted octanol–water partition coefficient (Wildman–Crippen LogP) is 2.47. The van der Waals surface area contributed by atoms with E-state index >= 15 is 0 Å². The van der Waals surface area contributed by atoms with Crippen molar-refractivity contribution in [3.8, 4) is 0 Å². The highest BCUT2D eigenvalue weighted by Gasteiger charge is 2.12. The van der Waals surface area contributed by atoms with Crippen LogP contribution in [0.5, 0.6) is 0 Å². The molecule has 0 radical (unpaired) electrons. The summed E-state index contributed by atoms with van der Waals surface area (Å²) in [7, 11) is 0. The molecule has 3 N–H and O–H groups in total. The van der Waals surface area contributed by atoms with Gasteiger partial charge in [-0.05, 0) is 23.6 Å². The third-order valence-electron chi connectivity index (χ3n) is 2.75. The Hall–Kier alpha value is -1.13. The van der Waals surface area contributed by atoms with Crippen LogP contribution in [0.15, 0.2) is 18.2 Å². The van der Waals surface area contributed by atoms with Crippen molar-refractivity contribution >= 4 is 17.5 Å². The van der Waals surface area contributed by atoms with Crippen molar-refractivity contribution in [3.63, 3.8) is 0 Å². The van der Waals surface area contributed by atoms with Crippen LogP contribution in [0.2, 0.25) is 5.02 Å². The maximum Gasteiger partial charge on any atom is 0.221 e. The molecule has 0 aliphatic carbocycles. The van der Waals surface area contributed by atoms with E-state index in [-0.39, 0.29) is 29.3 Å². The molecule has 100 valence electrons. The van der Waals surface area contributed by atoms with Crippen LogP contribution >= 0.6 is 11.6 Å². The molecule has 1 rings (SSSR count). The molecule has 18 heavy (non-hydrogen) atoms. The summed E-state index contributed by atoms with van der Waals surface area (Å²) in [6.07, 6.45) is 0.284. The lowest BCUT2D eigenvalue weighted by atomic mass is 10.0. The molecule has 1 atom stereocenters. The highest BCUT2D eigenvalue weighted by molar-refractivity contribution is 6.30. The van der Waals surface area contributed by atoms with Crippen LogP contribution in [-0.4, -0.2) is 11.9 Å². The maximum absolute atomic E-state index is 12.9. The smallest absolute Gasteiger partial charge is 0.221 e. The molecule has 0 heterocycles. The maximum atomic E-state index is 12.9. The first-order valence-electron chi connectivity index (χ1n) is 5.86. The van der Waals surface area contributed by atoms with Crippen molar-refractivity contribution < 1.29 is 9.18 Å². The van der Waals surface area contributed by atoms with Crippen LogP contribution in [0, 0.1) is 11.7 Å². The van der Waals surface area contributed by atoms with Crippen LogP contribution < -0.4 is 11.1 Å². The third kappa shape index (κ3) is 4.63. The standard InChI is InChI=1S/C13H18ClFN2O/c1-8(2)12(16)6-13(18)17-7-9-3-4-11(15)10(14)5-9/h3-5,8,12H,6-7,16H2,1-2H3,(H,17,18). The molecule has 1 unspecified atom stereocenters. The van der Waals surface area contributed by atoms with Crippen molar-refractivity contribution in [2.24, 2.45) is 11.7 Å². The van der Waals surface area contributed by atoms with Crippen LogP contribution in [0.1, 0.15) is 25.8 Å². The lowest BCUT2D eigenvalue weighted by Crippen LogP contribution is -2.34. The summed E-state index contributed by atoms with van der Waals surface area (Å²) >= 11 is 5.65. The Balaban J connectivity index is 2.45. The molecule has 0 aliphatic rings. The minimum Gasteiger partial charge on any atom is -0.352 e. The number of hydrogen-bond donors (Lipinski definition) is 2. The fourth-order valence-electron chi connectivity index (χ4n) is 1.37. The van der Waals surface area contributed by atoms with Crippen LogP contribution in [0.3, 0.4) is 0 Å². The predicted molar refractivity (Wildman–Crippen MR) is 70.7 cm³/mol. The monoisotopic (exact) mass is 272 g/mol. The summed E-state index contributed by atoms with van der Waals surface area (Å²) in [6, 6.07) is 4.22. The van der Waals surface area contributed by atoms with Gasteiger partial charge in [0.05, 0.1) is 5.02 Å². The summed E-state index contributed by atoms with van der Waals surface area (Å²) in [5.41, 5.74) is 6.56. The second-order valence-electron chi connectivity index (χ2n) is 4.64. The molecular weight excluding hydrogens is 255 g/mol. The number of rotatable bonds is 5. The van der Waals surface area contributed by atoms with E-state index in [1.54, 1.807) is 6.07 Å². The van der Waals surface area contributed by atoms with E-state index in [1.807, 2.05) is 13.8 Å². The van der Waals surface area contributed by atoms with Gasteiger partial charge in [0.25, 0.3) is 0 Å². The van der Waals surface area contributed by atoms with E-state index in [1.165, 1.54) is 12.1 Å². The first-order valence-corrected chi connectivity index (χ1v) is 6.24. The molecule has 1 aromatic rings. The van der Waals surface area contributed by atoms with Crippen LogP contribution in [-0.2, 0) is 11.3 Å². The van der Waals surface area contributed by atoms with E-state index in [9.17, 15) is 9.18 Å². The Morgan fingerprint density at radius 3 is 2.72 bits per heavy atom. The van der Waals surface area contributed by atoms with Crippen molar-refractivity contribution in [1.82, 2.24) is 5.32 Å². The number of halogens is 2. The summed E-state index contributed by atoms with van der Waals surface area (Å²) in [5, 5.41) is 2.79. The van der Waals surface area contributed by atoms with E-state index < -0.39 is 5.82 Å². The summed E-state index contributed by atoms with van der Waals surface area (Å²) in [5.74, 6) is -0.318. The Kier molecular flexibility index (Phi) is 5.56. The van der Waals surface area contributed by atoms with Gasteiger partial charge in [0, 0.05) is 19.0 Å². The van der Waals surface area contributed by atoms with Gasteiger partial charge in [-0.3, -0.25) is 4.79 Å². The number of nitrogens with one attached hydrogen (secondary N) is 1. The zero-order chi connectivity index (χ0) is 13.7. The van der Waals surface area contributed by atoms with E-state index in [4.69, 9.17) is 17.3 Å². The van der Waals surface area contributed by atoms with E-state index in [2.05, 4.69) is 5.32 Å². The summed E-state index contributed by atoms with van der Waals surface area (Å²) < 4.78 is 12.9. The molecule has 0 bridgehead atoms. The third-order valence-corrected chi connectivity index (χ3v) is 3.04. The number of benzene rings is 1. The Morgan fingerprint density at radius 1 is 1.50 bits per heavy atom. The molecule has 3 nitrogen and oxygen atoms in total. The van der Waals surface area contributed by atoms with Gasteiger partial charge >= 0.3 is 0 Å². The molecule has 0 spiro atoms. The van der Waals surface area contributed by atoms with Gasteiger partial charge in [-0.25, -0.2) is 4.39 Å². The van der Waals surface area contributed by atoms with E-state index in [0.717, 1.165) is 5.56 Å². The number of hydrogen-bond acceptors (Lipinski definition) is 2. The molecule has 0 saturated heterocycles. The first kappa shape index (κ1) is 14.9. The van der Waals surface area contributed by atoms with Crippen molar-refractivity contribution in [1.29, 1.82) is 0 Å². The minimum atomic E-state index is -0.464. The Labute approximate surface area is 112 Å². The van der Waals surface area contributed by atoms with Crippen molar-refractivity contribution in [3.05, 3.63) is 34.6 Å². The molecule has 0 aliphatic heterocycles. The molecule has 0 fully saturated rings. The van der Waals surface area contributed by atoms with Gasteiger partial charge in [0.1, 0.15) is 5.82 Å². The lowest BCUT2D eigenvalue weighted by Gasteiger charge is -2.15. The number of amides is 1. The average Bonchev–Trinajstić information content (AvgIpc) is 2.30. The number of nitrogens with two attached hydrogens (primary N) is 1. The number of carbonyl (C=O) groups excluding carboxylic acids is 1. The highest BCUT2D eigenvalue weighted by atomic mass is 35.5. The normalized spacial score (nSPS) is 12.6. The lowest BCUT2D eigenvalue weighted by molar-refractivity contribution is -0.121. The molecule has 1 aromatic carbocycles. The van der Waals surface area contributed by atoms with Gasteiger partial charge < -0.3 is 11.1 Å². The molecule has 1 amide bonds. The quantitative estimate of drug-likeness (QED) is 0.865. The van der Waals surface area contributed by atoms with Gasteiger partial charge in [-0.15, -0.1) is 0 Å². The summed E-state index contributed by atoms with van der Waals surface area (Å²) in [6.45, 7) is 4.26. The zero-order valence-electron chi connectivity index (χ0n) is 10.5. The SMILES string of the molecule is CC(C)C(N)CC(=O)NCc1ccc(F)c(Cl)c1. The fraction of sp³-hybridized carbons (Fsp3) is 0.462. The molecular formula is C13H18ClFN2O. The van der Waals surface area contributed by atoms with Crippen LogP contribution in [0.4, 0.5) is 4.39 Å². The number of carbonyl (C=O) groups is 1. The second-order valence-corrected chi connectivity index (χ2v) is 5.04. The molecule has 0 aromatic heterocycles. The second kappa shape index (κ2) is 6.71. The highest BCUT2D eigenvalue weighted by Crippen LogP contribution is 2.15. The van der Waals surface area contributed by atoms with Gasteiger partial charge in [-0.2, -0.15) is 0 Å². The van der Waals surface area contributed by atoms with Crippen LogP contribution in [0.25, 0.3) is 0 Å². The molecule has 5 heteroatoms. The van der Waals surface area contributed by atoms with Gasteiger partial charge in [-0.1, -0.05) is 31.5 Å². The zero-order valence-corrected chi connectivity index (χ0v) is 11.3. The van der Waals surface area contributed by atoms with Gasteiger partial charge in [0.15, 0.2) is 0 Å². The van der Waals surface area contributed by atoms with Gasteiger partial charge in [0.2, 0.25) is 5.91 Å². The fourth-order valence-corrected chi connectivity index (χ4v) is 1.58. The topological polar surface area (TPSA) is 55.1 Å². The average molecular weight is 273 g/mol. The minimum absolute atomic E-state index is 0.0561. The largest absolute Gasteiger partial charge is 0.352 e. The Morgan fingerprint density at radius 2 is 2.17 bits per heavy atom. The molecule has 0 saturated carbocycles. The summed E-state index contributed by atoms with van der Waals surface area (Å²) in [4.78, 5) is 11.6.